The zero-order valence-electron chi connectivity index (χ0n) is 16.9. The third-order valence-corrected chi connectivity index (χ3v) is 5.07. The second kappa shape index (κ2) is 9.85. The zero-order chi connectivity index (χ0) is 21.5. The van der Waals surface area contributed by atoms with Crippen LogP contribution >= 0.6 is 0 Å². The van der Waals surface area contributed by atoms with E-state index in [1.165, 1.54) is 12.1 Å². The molecule has 0 N–H and O–H groups in total. The van der Waals surface area contributed by atoms with Crippen molar-refractivity contribution < 1.29 is 14.5 Å². The molecule has 0 radical (unpaired) electrons. The fourth-order valence-electron chi connectivity index (χ4n) is 3.53. The van der Waals surface area contributed by atoms with Crippen molar-refractivity contribution in [3.63, 3.8) is 0 Å². The Balaban J connectivity index is 1.65. The summed E-state index contributed by atoms with van der Waals surface area (Å²) in [6.45, 7) is 5.54. The Hall–Kier alpha value is -3.44. The minimum atomic E-state index is -0.524. The standard InChI is InChI=1S/C22H24N4O4/c1-2-30-21-9-8-19(14-20(21)26(28)29)22(27)25-11-3-10-24(12-13-25)16-18-6-4-17(15-23)5-7-18/h4-9,14H,2-3,10-13,16H2,1H3. The van der Waals surface area contributed by atoms with Crippen LogP contribution in [0.2, 0.25) is 0 Å². The number of nitrogens with zero attached hydrogens (tertiary/aromatic N) is 4. The SMILES string of the molecule is CCOc1ccc(C(=O)N2CCCN(Cc3ccc(C#N)cc3)CC2)cc1[N+](=O)[O-]. The molecule has 3 rings (SSSR count). The van der Waals surface area contributed by atoms with E-state index in [1.807, 2.05) is 24.3 Å². The van der Waals surface area contributed by atoms with Gasteiger partial charge >= 0.3 is 5.69 Å². The van der Waals surface area contributed by atoms with E-state index in [1.54, 1.807) is 17.9 Å². The molecule has 30 heavy (non-hydrogen) atoms. The highest BCUT2D eigenvalue weighted by Crippen LogP contribution is 2.28. The summed E-state index contributed by atoms with van der Waals surface area (Å²) in [4.78, 5) is 27.8. The highest BCUT2D eigenvalue weighted by Gasteiger charge is 2.24. The fraction of sp³-hybridized carbons (Fsp3) is 0.364. The summed E-state index contributed by atoms with van der Waals surface area (Å²) in [7, 11) is 0. The van der Waals surface area contributed by atoms with Crippen LogP contribution in [0.3, 0.4) is 0 Å². The second-order valence-corrected chi connectivity index (χ2v) is 7.10. The summed E-state index contributed by atoms with van der Waals surface area (Å²) >= 11 is 0. The predicted molar refractivity (Wildman–Crippen MR) is 111 cm³/mol. The van der Waals surface area contributed by atoms with Crippen LogP contribution in [0.4, 0.5) is 5.69 Å². The number of benzene rings is 2. The van der Waals surface area contributed by atoms with E-state index in [0.29, 0.717) is 37.4 Å². The Kier molecular flexibility index (Phi) is 6.99. The van der Waals surface area contributed by atoms with E-state index in [4.69, 9.17) is 10.00 Å². The van der Waals surface area contributed by atoms with Gasteiger partial charge in [-0.1, -0.05) is 12.1 Å². The molecule has 1 fully saturated rings. The average molecular weight is 408 g/mol. The lowest BCUT2D eigenvalue weighted by Crippen LogP contribution is -2.35. The van der Waals surface area contributed by atoms with Crippen molar-refractivity contribution in [3.05, 3.63) is 69.3 Å². The molecule has 1 saturated heterocycles. The first-order valence-corrected chi connectivity index (χ1v) is 9.93. The second-order valence-electron chi connectivity index (χ2n) is 7.10. The van der Waals surface area contributed by atoms with Crippen LogP contribution in [0.5, 0.6) is 5.75 Å². The van der Waals surface area contributed by atoms with Crippen LogP contribution in [0.15, 0.2) is 42.5 Å². The summed E-state index contributed by atoms with van der Waals surface area (Å²) in [6.07, 6.45) is 0.821. The van der Waals surface area contributed by atoms with Crippen molar-refractivity contribution in [2.24, 2.45) is 0 Å². The maximum Gasteiger partial charge on any atom is 0.311 e. The van der Waals surface area contributed by atoms with Gasteiger partial charge in [0.25, 0.3) is 5.91 Å². The van der Waals surface area contributed by atoms with Gasteiger partial charge in [0.2, 0.25) is 0 Å². The molecule has 8 nitrogen and oxygen atoms in total. The molecule has 2 aromatic rings. The number of carbonyl (C=O) groups is 1. The van der Waals surface area contributed by atoms with Crippen LogP contribution in [0, 0.1) is 21.4 Å². The molecule has 0 aromatic heterocycles. The quantitative estimate of drug-likeness (QED) is 0.537. The largest absolute Gasteiger partial charge is 0.487 e. The third kappa shape index (κ3) is 5.13. The maximum absolute atomic E-state index is 12.9. The maximum atomic E-state index is 12.9. The fourth-order valence-corrected chi connectivity index (χ4v) is 3.53. The van der Waals surface area contributed by atoms with Gasteiger partial charge < -0.3 is 9.64 Å². The molecule has 0 atom stereocenters. The summed E-state index contributed by atoms with van der Waals surface area (Å²) in [5, 5.41) is 20.2. The van der Waals surface area contributed by atoms with Crippen LogP contribution in [-0.4, -0.2) is 53.4 Å². The molecule has 156 valence electrons. The molecule has 1 heterocycles. The van der Waals surface area contributed by atoms with Gasteiger partial charge in [0, 0.05) is 44.4 Å². The van der Waals surface area contributed by atoms with Gasteiger partial charge in [0.05, 0.1) is 23.2 Å². The molecule has 0 saturated carbocycles. The van der Waals surface area contributed by atoms with Gasteiger partial charge in [-0.15, -0.1) is 0 Å². The van der Waals surface area contributed by atoms with Crippen molar-refractivity contribution in [2.75, 3.05) is 32.8 Å². The smallest absolute Gasteiger partial charge is 0.311 e. The number of carbonyl (C=O) groups excluding carboxylic acids is 1. The van der Waals surface area contributed by atoms with Crippen LogP contribution in [0.25, 0.3) is 0 Å². The molecular weight excluding hydrogens is 384 g/mol. The first-order chi connectivity index (χ1) is 14.5. The minimum absolute atomic E-state index is 0.170. The van der Waals surface area contributed by atoms with E-state index in [-0.39, 0.29) is 17.3 Å². The highest BCUT2D eigenvalue weighted by molar-refractivity contribution is 5.95. The molecule has 1 aliphatic rings. The van der Waals surface area contributed by atoms with E-state index in [9.17, 15) is 14.9 Å². The Morgan fingerprint density at radius 1 is 1.17 bits per heavy atom. The third-order valence-electron chi connectivity index (χ3n) is 5.07. The Labute approximate surface area is 175 Å². The predicted octanol–water partition coefficient (Wildman–Crippen LogP) is 3.21. The molecule has 2 aromatic carbocycles. The molecule has 1 amide bonds. The van der Waals surface area contributed by atoms with Gasteiger partial charge in [-0.2, -0.15) is 5.26 Å². The van der Waals surface area contributed by atoms with E-state index in [0.717, 1.165) is 25.1 Å². The normalized spacial score (nSPS) is 14.6. The highest BCUT2D eigenvalue weighted by atomic mass is 16.6. The first kappa shape index (κ1) is 21.3. The van der Waals surface area contributed by atoms with Crippen molar-refractivity contribution >= 4 is 11.6 Å². The van der Waals surface area contributed by atoms with Gasteiger partial charge in [-0.05, 0) is 43.2 Å². The number of nitro benzene ring substituents is 1. The molecule has 1 aliphatic heterocycles. The molecule has 0 bridgehead atoms. The molecule has 0 spiro atoms. The number of rotatable bonds is 6. The van der Waals surface area contributed by atoms with Gasteiger partial charge in [-0.25, -0.2) is 0 Å². The Morgan fingerprint density at radius 3 is 2.60 bits per heavy atom. The number of ether oxygens (including phenoxy) is 1. The topological polar surface area (TPSA) is 99.7 Å². The summed E-state index contributed by atoms with van der Waals surface area (Å²) in [6, 6.07) is 14.0. The van der Waals surface area contributed by atoms with E-state index >= 15 is 0 Å². The van der Waals surface area contributed by atoms with Crippen molar-refractivity contribution in [3.8, 4) is 11.8 Å². The number of hydrogen-bond donors (Lipinski definition) is 0. The summed E-state index contributed by atoms with van der Waals surface area (Å²) < 4.78 is 5.29. The Bertz CT molecular complexity index is 953. The Morgan fingerprint density at radius 2 is 1.93 bits per heavy atom. The van der Waals surface area contributed by atoms with Gasteiger partial charge in [0.15, 0.2) is 5.75 Å². The molecular formula is C22H24N4O4. The van der Waals surface area contributed by atoms with E-state index < -0.39 is 4.92 Å². The lowest BCUT2D eigenvalue weighted by atomic mass is 10.1. The van der Waals surface area contributed by atoms with E-state index in [2.05, 4.69) is 11.0 Å². The van der Waals surface area contributed by atoms with Crippen molar-refractivity contribution in [2.45, 2.75) is 19.9 Å². The number of amides is 1. The van der Waals surface area contributed by atoms with Gasteiger partial charge in [-0.3, -0.25) is 19.8 Å². The summed E-state index contributed by atoms with van der Waals surface area (Å²) in [5.41, 5.74) is 1.86. The molecule has 0 aliphatic carbocycles. The van der Waals surface area contributed by atoms with Crippen LogP contribution in [-0.2, 0) is 6.54 Å². The van der Waals surface area contributed by atoms with Crippen molar-refractivity contribution in [1.82, 2.24) is 9.80 Å². The monoisotopic (exact) mass is 408 g/mol. The minimum Gasteiger partial charge on any atom is -0.487 e. The summed E-state index contributed by atoms with van der Waals surface area (Å²) in [5.74, 6) is -0.0371. The van der Waals surface area contributed by atoms with Gasteiger partial charge in [0.1, 0.15) is 0 Å². The van der Waals surface area contributed by atoms with Crippen molar-refractivity contribution in [1.29, 1.82) is 5.26 Å². The number of hydrogen-bond acceptors (Lipinski definition) is 6. The number of nitro groups is 1. The lowest BCUT2D eigenvalue weighted by Gasteiger charge is -2.22. The van der Waals surface area contributed by atoms with Crippen LogP contribution < -0.4 is 4.74 Å². The average Bonchev–Trinajstić information content (AvgIpc) is 2.99. The first-order valence-electron chi connectivity index (χ1n) is 9.93. The zero-order valence-corrected chi connectivity index (χ0v) is 16.9. The molecule has 0 unspecified atom stereocenters. The number of nitriles is 1. The van der Waals surface area contributed by atoms with Crippen LogP contribution in [0.1, 0.15) is 34.8 Å². The molecule has 8 heteroatoms. The lowest BCUT2D eigenvalue weighted by molar-refractivity contribution is -0.385.